The van der Waals surface area contributed by atoms with Gasteiger partial charge >= 0.3 is 11.9 Å². The van der Waals surface area contributed by atoms with Gasteiger partial charge in [0.15, 0.2) is 0 Å². The molecule has 0 radical (unpaired) electrons. The predicted molar refractivity (Wildman–Crippen MR) is 77.0 cm³/mol. The van der Waals surface area contributed by atoms with E-state index >= 15 is 0 Å². The molecule has 0 unspecified atom stereocenters. The minimum Gasteiger partial charge on any atom is -0.386 e. The first-order valence-corrected chi connectivity index (χ1v) is 6.17. The molecule has 0 N–H and O–H groups in total. The summed E-state index contributed by atoms with van der Waals surface area (Å²) < 4.78 is 4.91. The van der Waals surface area contributed by atoms with Gasteiger partial charge in [0, 0.05) is 14.1 Å². The maximum absolute atomic E-state index is 12.1. The van der Waals surface area contributed by atoms with Crippen LogP contribution in [0.4, 0.5) is 5.69 Å². The molecule has 0 aromatic heterocycles. The molecule has 0 heterocycles. The Balaban J connectivity index is 2.19. The van der Waals surface area contributed by atoms with Crippen molar-refractivity contribution in [1.29, 1.82) is 0 Å². The molecule has 0 amide bonds. The summed E-state index contributed by atoms with van der Waals surface area (Å²) in [5.41, 5.74) is 1.42. The maximum Gasteiger partial charge on any atom is 0.348 e. The van der Waals surface area contributed by atoms with Crippen molar-refractivity contribution in [3.63, 3.8) is 0 Å². The maximum atomic E-state index is 12.1. The van der Waals surface area contributed by atoms with Gasteiger partial charge in [-0.1, -0.05) is 30.3 Å². The molecule has 2 rings (SSSR count). The summed E-state index contributed by atoms with van der Waals surface area (Å²) in [4.78, 5) is 25.7. The molecule has 0 saturated carbocycles. The molecule has 0 spiro atoms. The fourth-order valence-corrected chi connectivity index (χ4v) is 1.81. The zero-order chi connectivity index (χ0) is 14.5. The first-order chi connectivity index (χ1) is 9.59. The van der Waals surface area contributed by atoms with Gasteiger partial charge in [-0.25, -0.2) is 9.59 Å². The Bertz CT molecular complexity index is 621. The molecule has 0 fully saturated rings. The van der Waals surface area contributed by atoms with Gasteiger partial charge in [0.25, 0.3) is 0 Å². The third kappa shape index (κ3) is 3.03. The van der Waals surface area contributed by atoms with Crippen LogP contribution in [0.3, 0.4) is 0 Å². The highest BCUT2D eigenvalue weighted by Gasteiger charge is 2.18. The SMILES string of the molecule is CN(C)c1ccccc1C(=O)OC(=O)c1ccccc1. The number of para-hydroxylation sites is 1. The number of carbonyl (C=O) groups is 2. The van der Waals surface area contributed by atoms with Gasteiger partial charge in [0.2, 0.25) is 0 Å². The second-order valence-corrected chi connectivity index (χ2v) is 4.45. The van der Waals surface area contributed by atoms with Crippen LogP contribution >= 0.6 is 0 Å². The number of anilines is 1. The lowest BCUT2D eigenvalue weighted by molar-refractivity contribution is 0.0398. The fourth-order valence-electron chi connectivity index (χ4n) is 1.81. The third-order valence-corrected chi connectivity index (χ3v) is 2.80. The molecule has 0 saturated heterocycles. The van der Waals surface area contributed by atoms with Crippen LogP contribution in [-0.4, -0.2) is 26.0 Å². The van der Waals surface area contributed by atoms with E-state index in [1.54, 1.807) is 53.4 Å². The van der Waals surface area contributed by atoms with Crippen LogP contribution in [0, 0.1) is 0 Å². The molecule has 0 aliphatic carbocycles. The largest absolute Gasteiger partial charge is 0.386 e. The van der Waals surface area contributed by atoms with E-state index in [0.29, 0.717) is 16.8 Å². The van der Waals surface area contributed by atoms with Gasteiger partial charge in [0.05, 0.1) is 16.8 Å². The first-order valence-electron chi connectivity index (χ1n) is 6.17. The Kier molecular flexibility index (Phi) is 4.15. The summed E-state index contributed by atoms with van der Waals surface area (Å²) in [5.74, 6) is -1.30. The lowest BCUT2D eigenvalue weighted by atomic mass is 10.1. The van der Waals surface area contributed by atoms with E-state index in [9.17, 15) is 9.59 Å². The number of rotatable bonds is 3. The number of hydrogen-bond acceptors (Lipinski definition) is 4. The van der Waals surface area contributed by atoms with Crippen LogP contribution in [0.1, 0.15) is 20.7 Å². The summed E-state index contributed by atoms with van der Waals surface area (Å²) >= 11 is 0. The van der Waals surface area contributed by atoms with E-state index in [-0.39, 0.29) is 0 Å². The van der Waals surface area contributed by atoms with Crippen LogP contribution in [0.5, 0.6) is 0 Å². The van der Waals surface area contributed by atoms with Crippen molar-refractivity contribution >= 4 is 17.6 Å². The van der Waals surface area contributed by atoms with Crippen molar-refractivity contribution < 1.29 is 14.3 Å². The minimum absolute atomic E-state index is 0.350. The average Bonchev–Trinajstić information content (AvgIpc) is 2.48. The first kappa shape index (κ1) is 13.8. The normalized spacial score (nSPS) is 9.90. The van der Waals surface area contributed by atoms with Crippen molar-refractivity contribution in [3.05, 3.63) is 65.7 Å². The molecule has 20 heavy (non-hydrogen) atoms. The van der Waals surface area contributed by atoms with E-state index in [0.717, 1.165) is 0 Å². The number of nitrogens with zero attached hydrogens (tertiary/aromatic N) is 1. The lowest BCUT2D eigenvalue weighted by Crippen LogP contribution is -2.18. The van der Waals surface area contributed by atoms with E-state index in [1.807, 2.05) is 20.2 Å². The van der Waals surface area contributed by atoms with Crippen LogP contribution in [-0.2, 0) is 4.74 Å². The highest BCUT2D eigenvalue weighted by atomic mass is 16.6. The molecular weight excluding hydrogens is 254 g/mol. The molecule has 2 aromatic carbocycles. The zero-order valence-electron chi connectivity index (χ0n) is 11.4. The number of ether oxygens (including phenoxy) is 1. The Morgan fingerprint density at radius 2 is 1.45 bits per heavy atom. The van der Waals surface area contributed by atoms with E-state index in [2.05, 4.69) is 0 Å². The molecule has 0 atom stereocenters. The molecule has 0 bridgehead atoms. The molecule has 0 aliphatic heterocycles. The Hall–Kier alpha value is -2.62. The number of benzene rings is 2. The fraction of sp³-hybridized carbons (Fsp3) is 0.125. The van der Waals surface area contributed by atoms with Crippen LogP contribution in [0.2, 0.25) is 0 Å². The molecule has 4 nitrogen and oxygen atoms in total. The average molecular weight is 269 g/mol. The molecule has 4 heteroatoms. The van der Waals surface area contributed by atoms with Crippen LogP contribution < -0.4 is 4.90 Å². The predicted octanol–water partition coefficient (Wildman–Crippen LogP) is 2.75. The molecule has 0 aliphatic rings. The molecule has 2 aromatic rings. The third-order valence-electron chi connectivity index (χ3n) is 2.80. The van der Waals surface area contributed by atoms with Crippen molar-refractivity contribution in [1.82, 2.24) is 0 Å². The summed E-state index contributed by atoms with van der Waals surface area (Å²) in [5, 5.41) is 0. The Morgan fingerprint density at radius 3 is 2.10 bits per heavy atom. The summed E-state index contributed by atoms with van der Waals surface area (Å²) in [6, 6.07) is 15.4. The van der Waals surface area contributed by atoms with E-state index < -0.39 is 11.9 Å². The number of carbonyl (C=O) groups excluding carboxylic acids is 2. The Labute approximate surface area is 117 Å². The van der Waals surface area contributed by atoms with Gasteiger partial charge in [-0.2, -0.15) is 0 Å². The quantitative estimate of drug-likeness (QED) is 0.635. The topological polar surface area (TPSA) is 46.6 Å². The molecular formula is C16H15NO3. The highest BCUT2D eigenvalue weighted by Crippen LogP contribution is 2.19. The van der Waals surface area contributed by atoms with Crippen molar-refractivity contribution in [2.45, 2.75) is 0 Å². The second kappa shape index (κ2) is 6.02. The number of esters is 2. The van der Waals surface area contributed by atoms with Gasteiger partial charge < -0.3 is 9.64 Å². The van der Waals surface area contributed by atoms with Gasteiger partial charge in [-0.05, 0) is 24.3 Å². The van der Waals surface area contributed by atoms with E-state index in [4.69, 9.17) is 4.74 Å². The zero-order valence-corrected chi connectivity index (χ0v) is 11.4. The summed E-state index contributed by atoms with van der Waals surface area (Å²) in [6.45, 7) is 0. The Morgan fingerprint density at radius 1 is 0.850 bits per heavy atom. The van der Waals surface area contributed by atoms with E-state index in [1.165, 1.54) is 0 Å². The van der Waals surface area contributed by atoms with Crippen molar-refractivity contribution in [2.75, 3.05) is 19.0 Å². The van der Waals surface area contributed by atoms with Crippen LogP contribution in [0.25, 0.3) is 0 Å². The lowest BCUT2D eigenvalue weighted by Gasteiger charge is -2.15. The number of hydrogen-bond donors (Lipinski definition) is 0. The second-order valence-electron chi connectivity index (χ2n) is 4.45. The van der Waals surface area contributed by atoms with Crippen molar-refractivity contribution in [2.24, 2.45) is 0 Å². The van der Waals surface area contributed by atoms with Crippen LogP contribution in [0.15, 0.2) is 54.6 Å². The van der Waals surface area contributed by atoms with Gasteiger partial charge in [-0.3, -0.25) is 0 Å². The molecule has 102 valence electrons. The minimum atomic E-state index is -0.650. The highest BCUT2D eigenvalue weighted by molar-refractivity contribution is 6.05. The van der Waals surface area contributed by atoms with Gasteiger partial charge in [0.1, 0.15) is 0 Å². The monoisotopic (exact) mass is 269 g/mol. The summed E-state index contributed by atoms with van der Waals surface area (Å²) in [7, 11) is 3.65. The smallest absolute Gasteiger partial charge is 0.348 e. The standard InChI is InChI=1S/C16H15NO3/c1-17(2)14-11-7-6-10-13(14)16(19)20-15(18)12-8-4-3-5-9-12/h3-11H,1-2H3. The summed E-state index contributed by atoms with van der Waals surface area (Å²) in [6.07, 6.45) is 0. The van der Waals surface area contributed by atoms with Gasteiger partial charge in [-0.15, -0.1) is 0 Å². The van der Waals surface area contributed by atoms with Crippen molar-refractivity contribution in [3.8, 4) is 0 Å².